The minimum Gasteiger partial charge on any atom is -0.365 e. The minimum atomic E-state index is -0.981. The van der Waals surface area contributed by atoms with Crippen LogP contribution in [0.4, 0.5) is 0 Å². The van der Waals surface area contributed by atoms with Crippen molar-refractivity contribution < 1.29 is 20.2 Å². The van der Waals surface area contributed by atoms with Crippen LogP contribution >= 0.6 is 0 Å². The largest absolute Gasteiger partial charge is 0.365 e. The lowest BCUT2D eigenvalue weighted by Gasteiger charge is -1.94. The summed E-state index contributed by atoms with van der Waals surface area (Å²) in [5.41, 5.74) is 6.67. The lowest BCUT2D eigenvalue weighted by molar-refractivity contribution is -0.822. The highest BCUT2D eigenvalue weighted by molar-refractivity contribution is 5.76. The Kier molecular flexibility index (Phi) is 4.61. The van der Waals surface area contributed by atoms with Crippen molar-refractivity contribution in [2.24, 2.45) is 10.7 Å². The Hall–Kier alpha value is -2.13. The molecule has 0 radical (unpaired) electrons. The average Bonchev–Trinajstić information content (AvgIpc) is 1.96. The number of aliphatic imine (C=N–C) groups is 1. The van der Waals surface area contributed by atoms with Crippen LogP contribution in [0.15, 0.2) is 4.99 Å². The molecule has 0 heterocycles. The lowest BCUT2D eigenvalue weighted by Crippen LogP contribution is -2.37. The maximum atomic E-state index is 9.86. The highest BCUT2D eigenvalue weighted by atomic mass is 16.9. The molecule has 0 atom stereocenters. The molecule has 0 aromatic heterocycles. The summed E-state index contributed by atoms with van der Waals surface area (Å²) in [5.74, 6) is -0.371. The van der Waals surface area contributed by atoms with E-state index in [9.17, 15) is 15.0 Å². The van der Waals surface area contributed by atoms with E-state index in [2.05, 4.69) is 9.83 Å². The second-order valence-corrected chi connectivity index (χ2v) is 1.71. The number of nitrogens with one attached hydrogen (secondary N) is 1. The summed E-state index contributed by atoms with van der Waals surface area (Å²) in [5, 5.41) is 16.0. The molecule has 0 unspecified atom stereocenters. The van der Waals surface area contributed by atoms with Gasteiger partial charge in [-0.2, -0.15) is 0 Å². The Balaban J connectivity index is 3.59. The molecular weight excluding hydrogens is 186 g/mol. The smallest absolute Gasteiger partial charge is 0.362 e. The Bertz CT molecular complexity index is 226. The standard InChI is InChI=1S/C3H8N5O5/c4-3(6-7(9)10)5-1-2-13-8(11)12/h1-2H2,(H,9,10)(H3,4,5,6)/q+1. The van der Waals surface area contributed by atoms with Crippen LogP contribution < -0.4 is 11.2 Å². The molecule has 0 aliphatic rings. The summed E-state index contributed by atoms with van der Waals surface area (Å²) >= 11 is 0. The van der Waals surface area contributed by atoms with Crippen LogP contribution in [0, 0.1) is 15.0 Å². The van der Waals surface area contributed by atoms with Crippen LogP contribution in [0.3, 0.4) is 0 Å². The first kappa shape index (κ1) is 10.9. The van der Waals surface area contributed by atoms with Crippen molar-refractivity contribution in [2.45, 2.75) is 0 Å². The van der Waals surface area contributed by atoms with E-state index in [1.807, 2.05) is 0 Å². The molecule has 0 saturated carbocycles. The van der Waals surface area contributed by atoms with E-state index in [4.69, 9.17) is 10.9 Å². The number of rotatable bonds is 5. The van der Waals surface area contributed by atoms with E-state index in [0.29, 0.717) is 0 Å². The SMILES string of the molecule is NC(=NCCO[N+](=O)[O-])N[N+](=O)O. The number of nitrogens with two attached hydrogens (primary N) is 1. The second-order valence-electron chi connectivity index (χ2n) is 1.71. The van der Waals surface area contributed by atoms with Crippen LogP contribution in [-0.4, -0.2) is 34.4 Å². The fourth-order valence-corrected chi connectivity index (χ4v) is 0.415. The molecule has 0 aromatic rings. The van der Waals surface area contributed by atoms with Gasteiger partial charge in [0.15, 0.2) is 0 Å². The molecule has 10 nitrogen and oxygen atoms in total. The van der Waals surface area contributed by atoms with Crippen molar-refractivity contribution in [2.75, 3.05) is 13.2 Å². The van der Waals surface area contributed by atoms with Crippen LogP contribution in [0.1, 0.15) is 0 Å². The van der Waals surface area contributed by atoms with Crippen LogP contribution in [0.5, 0.6) is 0 Å². The predicted molar refractivity (Wildman–Crippen MR) is 38.0 cm³/mol. The highest BCUT2D eigenvalue weighted by Gasteiger charge is 2.03. The molecular formula is C3H8N5O5+. The molecule has 0 aliphatic carbocycles. The first-order valence-corrected chi connectivity index (χ1v) is 3.02. The summed E-state index contributed by atoms with van der Waals surface area (Å²) in [6.07, 6.45) is 0. The van der Waals surface area contributed by atoms with Gasteiger partial charge >= 0.3 is 5.03 Å². The van der Waals surface area contributed by atoms with E-state index in [1.165, 1.54) is 0 Å². The number of hydrazine groups is 1. The summed E-state index contributed by atoms with van der Waals surface area (Å²) in [6, 6.07) is 0. The third-order valence-electron chi connectivity index (χ3n) is 0.780. The Morgan fingerprint density at radius 2 is 2.31 bits per heavy atom. The number of hydrogen-bond donors (Lipinski definition) is 3. The van der Waals surface area contributed by atoms with Gasteiger partial charge in [-0.3, -0.25) is 0 Å². The van der Waals surface area contributed by atoms with Crippen molar-refractivity contribution in [1.29, 1.82) is 0 Å². The fraction of sp³-hybridized carbons (Fsp3) is 0.667. The molecule has 13 heavy (non-hydrogen) atoms. The second kappa shape index (κ2) is 5.51. The third-order valence-corrected chi connectivity index (χ3v) is 0.780. The Morgan fingerprint density at radius 3 is 2.77 bits per heavy atom. The van der Waals surface area contributed by atoms with Gasteiger partial charge in [-0.05, 0) is 5.43 Å². The van der Waals surface area contributed by atoms with Gasteiger partial charge in [0.05, 0.1) is 6.54 Å². The Morgan fingerprint density at radius 1 is 1.69 bits per heavy atom. The summed E-state index contributed by atoms with van der Waals surface area (Å²) in [4.78, 5) is 26.7. The van der Waals surface area contributed by atoms with Gasteiger partial charge in [0.1, 0.15) is 11.5 Å². The third kappa shape index (κ3) is 7.77. The topological polar surface area (TPSA) is 143 Å². The molecule has 74 valence electrons. The monoisotopic (exact) mass is 194 g/mol. The highest BCUT2D eigenvalue weighted by Crippen LogP contribution is 1.76. The molecule has 0 rings (SSSR count). The molecule has 0 aromatic carbocycles. The van der Waals surface area contributed by atoms with Gasteiger partial charge in [-0.25, -0.2) is 10.2 Å². The first-order chi connectivity index (χ1) is 6.02. The maximum absolute atomic E-state index is 9.86. The quantitative estimate of drug-likeness (QED) is 0.154. The van der Waals surface area contributed by atoms with Crippen molar-refractivity contribution in [3.63, 3.8) is 0 Å². The fourth-order valence-electron chi connectivity index (χ4n) is 0.415. The van der Waals surface area contributed by atoms with Crippen molar-refractivity contribution >= 4 is 5.96 Å². The van der Waals surface area contributed by atoms with E-state index >= 15 is 0 Å². The van der Waals surface area contributed by atoms with E-state index in [0.717, 1.165) is 0 Å². The minimum absolute atomic E-state index is 0.104. The van der Waals surface area contributed by atoms with Crippen molar-refractivity contribution in [1.82, 2.24) is 5.43 Å². The first-order valence-electron chi connectivity index (χ1n) is 3.02. The summed E-state index contributed by atoms with van der Waals surface area (Å²) in [6.45, 7) is -0.382. The van der Waals surface area contributed by atoms with Gasteiger partial charge in [0.25, 0.3) is 11.0 Å². The van der Waals surface area contributed by atoms with Gasteiger partial charge in [0.2, 0.25) is 0 Å². The Labute approximate surface area is 71.6 Å². The molecule has 0 saturated heterocycles. The number of hydrogen-bond acceptors (Lipinski definition) is 5. The lowest BCUT2D eigenvalue weighted by atomic mass is 10.7. The molecule has 0 aliphatic heterocycles. The van der Waals surface area contributed by atoms with Crippen molar-refractivity contribution in [3.8, 4) is 0 Å². The summed E-state index contributed by atoms with van der Waals surface area (Å²) < 4.78 is 0. The van der Waals surface area contributed by atoms with E-state index in [1.54, 1.807) is 5.43 Å². The molecule has 0 fully saturated rings. The molecule has 4 N–H and O–H groups in total. The summed E-state index contributed by atoms with van der Waals surface area (Å²) in [7, 11) is 0. The zero-order chi connectivity index (χ0) is 10.3. The molecule has 10 heteroatoms. The van der Waals surface area contributed by atoms with E-state index < -0.39 is 10.1 Å². The number of nitrogens with zero attached hydrogens (tertiary/aromatic N) is 3. The van der Waals surface area contributed by atoms with Gasteiger partial charge < -0.3 is 10.6 Å². The van der Waals surface area contributed by atoms with E-state index in [-0.39, 0.29) is 19.1 Å². The molecule has 0 spiro atoms. The van der Waals surface area contributed by atoms with Gasteiger partial charge in [-0.15, -0.1) is 10.1 Å². The van der Waals surface area contributed by atoms with Crippen LogP contribution in [0.25, 0.3) is 0 Å². The zero-order valence-corrected chi connectivity index (χ0v) is 6.41. The number of guanidine groups is 1. The van der Waals surface area contributed by atoms with Gasteiger partial charge in [-0.1, -0.05) is 0 Å². The van der Waals surface area contributed by atoms with Crippen molar-refractivity contribution in [3.05, 3.63) is 15.0 Å². The van der Waals surface area contributed by atoms with Gasteiger partial charge in [0, 0.05) is 0 Å². The van der Waals surface area contributed by atoms with Crippen LogP contribution in [-0.2, 0) is 4.84 Å². The zero-order valence-electron chi connectivity index (χ0n) is 6.41. The maximum Gasteiger partial charge on any atom is 0.362 e. The molecule has 0 amide bonds. The van der Waals surface area contributed by atoms with Crippen LogP contribution in [0.2, 0.25) is 0 Å². The normalized spacial score (nSPS) is 10.6. The average molecular weight is 194 g/mol. The predicted octanol–water partition coefficient (Wildman–Crippen LogP) is -1.82. The molecule has 0 bridgehead atoms.